The molecular weight excluding hydrogens is 402 g/mol. The van der Waals surface area contributed by atoms with Crippen molar-refractivity contribution in [2.75, 3.05) is 12.4 Å². The van der Waals surface area contributed by atoms with E-state index in [4.69, 9.17) is 16.3 Å². The van der Waals surface area contributed by atoms with Crippen LogP contribution in [0.15, 0.2) is 36.8 Å². The van der Waals surface area contributed by atoms with Crippen LogP contribution in [0, 0.1) is 5.41 Å². The Morgan fingerprint density at radius 3 is 2.83 bits per heavy atom. The minimum Gasteiger partial charge on any atom is -0.481 e. The van der Waals surface area contributed by atoms with E-state index in [1.54, 1.807) is 31.6 Å². The standard InChI is InChI=1S/C22H24ClN5O2/c1-13(14-5-6-24-20(7-14)30-4)21(29)27-19-8-15(17(23)11-25-19)16-10-26-28-12-22(2,3)9-18(16)28/h5-8,10-11,13H,9,12H2,1-4H3,(H,25,27,29). The summed E-state index contributed by atoms with van der Waals surface area (Å²) in [6, 6.07) is 5.36. The molecule has 0 aromatic carbocycles. The molecule has 0 spiro atoms. The van der Waals surface area contributed by atoms with E-state index in [0.717, 1.165) is 35.3 Å². The van der Waals surface area contributed by atoms with Crippen molar-refractivity contribution in [3.8, 4) is 17.0 Å². The number of aromatic nitrogens is 4. The number of rotatable bonds is 5. The second-order valence-corrected chi connectivity index (χ2v) is 8.80. The third kappa shape index (κ3) is 3.89. The molecule has 0 saturated heterocycles. The number of anilines is 1. The van der Waals surface area contributed by atoms with Crippen LogP contribution in [0.2, 0.25) is 5.02 Å². The van der Waals surface area contributed by atoms with Crippen molar-refractivity contribution in [1.29, 1.82) is 0 Å². The molecule has 0 bridgehead atoms. The van der Waals surface area contributed by atoms with Gasteiger partial charge in [0.1, 0.15) is 5.82 Å². The van der Waals surface area contributed by atoms with E-state index < -0.39 is 5.92 Å². The molecule has 156 valence electrons. The number of fused-ring (bicyclic) bond motifs is 1. The molecule has 1 aliphatic heterocycles. The SMILES string of the molecule is COc1cc(C(C)C(=O)Nc2cc(-c3cnn4c3CC(C)(C)C4)c(Cl)cn2)ccn1. The maximum Gasteiger partial charge on any atom is 0.232 e. The highest BCUT2D eigenvalue weighted by Crippen LogP contribution is 2.39. The lowest BCUT2D eigenvalue weighted by Crippen LogP contribution is -2.19. The van der Waals surface area contributed by atoms with E-state index in [-0.39, 0.29) is 11.3 Å². The van der Waals surface area contributed by atoms with E-state index in [2.05, 4.69) is 34.2 Å². The van der Waals surface area contributed by atoms with Gasteiger partial charge in [-0.1, -0.05) is 25.4 Å². The number of ether oxygens (including phenoxy) is 1. The lowest BCUT2D eigenvalue weighted by Gasteiger charge is -2.15. The first-order valence-corrected chi connectivity index (χ1v) is 10.2. The van der Waals surface area contributed by atoms with E-state index >= 15 is 0 Å². The Balaban J connectivity index is 1.58. The van der Waals surface area contributed by atoms with Gasteiger partial charge in [-0.2, -0.15) is 5.10 Å². The molecule has 3 aromatic heterocycles. The Morgan fingerprint density at radius 1 is 1.27 bits per heavy atom. The lowest BCUT2D eigenvalue weighted by molar-refractivity contribution is -0.117. The minimum atomic E-state index is -0.399. The summed E-state index contributed by atoms with van der Waals surface area (Å²) in [7, 11) is 1.55. The van der Waals surface area contributed by atoms with Crippen molar-refractivity contribution in [1.82, 2.24) is 19.7 Å². The van der Waals surface area contributed by atoms with Gasteiger partial charge in [0.15, 0.2) is 0 Å². The normalized spacial score (nSPS) is 15.5. The summed E-state index contributed by atoms with van der Waals surface area (Å²) >= 11 is 6.46. The van der Waals surface area contributed by atoms with Crippen molar-refractivity contribution in [2.24, 2.45) is 5.41 Å². The van der Waals surface area contributed by atoms with Crippen molar-refractivity contribution >= 4 is 23.3 Å². The summed E-state index contributed by atoms with van der Waals surface area (Å²) in [6.07, 6.45) is 5.95. The number of methoxy groups -OCH3 is 1. The van der Waals surface area contributed by atoms with Gasteiger partial charge in [0.25, 0.3) is 0 Å². The van der Waals surface area contributed by atoms with Crippen LogP contribution in [0.25, 0.3) is 11.1 Å². The molecule has 1 unspecified atom stereocenters. The number of carbonyl (C=O) groups is 1. The molecule has 1 atom stereocenters. The van der Waals surface area contributed by atoms with Crippen molar-refractivity contribution in [3.05, 3.63) is 53.1 Å². The zero-order valence-electron chi connectivity index (χ0n) is 17.4. The van der Waals surface area contributed by atoms with Gasteiger partial charge in [-0.05, 0) is 36.5 Å². The van der Waals surface area contributed by atoms with Gasteiger partial charge < -0.3 is 10.1 Å². The molecule has 0 saturated carbocycles. The Hall–Kier alpha value is -2.93. The number of nitrogens with zero attached hydrogens (tertiary/aromatic N) is 4. The van der Waals surface area contributed by atoms with Crippen LogP contribution < -0.4 is 10.1 Å². The maximum absolute atomic E-state index is 12.8. The van der Waals surface area contributed by atoms with Crippen molar-refractivity contribution in [2.45, 2.75) is 39.7 Å². The summed E-state index contributed by atoms with van der Waals surface area (Å²) in [5, 5.41) is 7.94. The van der Waals surface area contributed by atoms with Crippen molar-refractivity contribution in [3.63, 3.8) is 0 Å². The highest BCUT2D eigenvalue weighted by Gasteiger charge is 2.32. The maximum atomic E-state index is 12.8. The molecule has 1 amide bonds. The molecule has 4 rings (SSSR count). The first-order valence-electron chi connectivity index (χ1n) is 9.79. The first-order chi connectivity index (χ1) is 14.3. The van der Waals surface area contributed by atoms with E-state index in [0.29, 0.717) is 16.7 Å². The zero-order chi connectivity index (χ0) is 21.5. The predicted molar refractivity (Wildman–Crippen MR) is 116 cm³/mol. The fourth-order valence-corrected chi connectivity index (χ4v) is 3.98. The average molecular weight is 426 g/mol. The number of pyridine rings is 2. The third-order valence-electron chi connectivity index (χ3n) is 5.43. The van der Waals surface area contributed by atoms with Crippen LogP contribution in [-0.2, 0) is 17.8 Å². The van der Waals surface area contributed by atoms with Gasteiger partial charge in [0, 0.05) is 41.8 Å². The monoisotopic (exact) mass is 425 g/mol. The highest BCUT2D eigenvalue weighted by atomic mass is 35.5. The fraction of sp³-hybridized carbons (Fsp3) is 0.364. The average Bonchev–Trinajstić information content (AvgIpc) is 3.23. The summed E-state index contributed by atoms with van der Waals surface area (Å²) in [5.41, 5.74) is 3.93. The van der Waals surface area contributed by atoms with E-state index in [1.165, 1.54) is 0 Å². The number of hydrogen-bond acceptors (Lipinski definition) is 5. The molecule has 0 fully saturated rings. The molecule has 4 heterocycles. The second-order valence-electron chi connectivity index (χ2n) is 8.40. The molecule has 0 radical (unpaired) electrons. The number of halogens is 1. The Kier molecular flexibility index (Phi) is 5.24. The van der Waals surface area contributed by atoms with Crippen LogP contribution in [-0.4, -0.2) is 32.8 Å². The molecule has 1 aliphatic rings. The largest absolute Gasteiger partial charge is 0.481 e. The van der Waals surface area contributed by atoms with Crippen LogP contribution in [0.1, 0.15) is 37.9 Å². The molecule has 7 nitrogen and oxygen atoms in total. The van der Waals surface area contributed by atoms with Gasteiger partial charge in [-0.15, -0.1) is 0 Å². The summed E-state index contributed by atoms with van der Waals surface area (Å²) < 4.78 is 7.18. The Morgan fingerprint density at radius 2 is 2.07 bits per heavy atom. The van der Waals surface area contributed by atoms with Gasteiger partial charge in [0.05, 0.1) is 24.2 Å². The lowest BCUT2D eigenvalue weighted by atomic mass is 9.89. The number of amides is 1. The molecule has 0 aliphatic carbocycles. The summed E-state index contributed by atoms with van der Waals surface area (Å²) in [5.74, 6) is 0.343. The molecule has 30 heavy (non-hydrogen) atoms. The molecule has 3 aromatic rings. The fourth-order valence-electron chi connectivity index (χ4n) is 3.78. The Labute approximate surface area is 180 Å². The molecule has 1 N–H and O–H groups in total. The van der Waals surface area contributed by atoms with E-state index in [9.17, 15) is 4.79 Å². The molecule has 8 heteroatoms. The van der Waals surface area contributed by atoms with E-state index in [1.807, 2.05) is 23.9 Å². The smallest absolute Gasteiger partial charge is 0.232 e. The predicted octanol–water partition coefficient (Wildman–Crippen LogP) is 4.33. The van der Waals surface area contributed by atoms with Crippen LogP contribution in [0.5, 0.6) is 5.88 Å². The quantitative estimate of drug-likeness (QED) is 0.658. The van der Waals surface area contributed by atoms with Gasteiger partial charge >= 0.3 is 0 Å². The number of carbonyl (C=O) groups excluding carboxylic acids is 1. The topological polar surface area (TPSA) is 81.9 Å². The van der Waals surface area contributed by atoms with Crippen LogP contribution in [0.3, 0.4) is 0 Å². The van der Waals surface area contributed by atoms with Crippen molar-refractivity contribution < 1.29 is 9.53 Å². The number of nitrogens with one attached hydrogen (secondary N) is 1. The molecular formula is C22H24ClN5O2. The van der Waals surface area contributed by atoms with Gasteiger partial charge in [-0.25, -0.2) is 9.97 Å². The summed E-state index contributed by atoms with van der Waals surface area (Å²) in [4.78, 5) is 21.2. The third-order valence-corrected chi connectivity index (χ3v) is 5.73. The number of hydrogen-bond donors (Lipinski definition) is 1. The first kappa shape index (κ1) is 20.3. The summed E-state index contributed by atoms with van der Waals surface area (Å²) in [6.45, 7) is 7.15. The second kappa shape index (κ2) is 7.72. The van der Waals surface area contributed by atoms with Gasteiger partial charge in [-0.3, -0.25) is 9.48 Å². The minimum absolute atomic E-state index is 0.163. The van der Waals surface area contributed by atoms with Crippen LogP contribution in [0.4, 0.5) is 5.82 Å². The van der Waals surface area contributed by atoms with Gasteiger partial charge in [0.2, 0.25) is 11.8 Å². The Bertz CT molecular complexity index is 1110. The van der Waals surface area contributed by atoms with Crippen LogP contribution >= 0.6 is 11.6 Å². The zero-order valence-corrected chi connectivity index (χ0v) is 18.2. The highest BCUT2D eigenvalue weighted by molar-refractivity contribution is 6.33.